The van der Waals surface area contributed by atoms with E-state index in [-0.39, 0.29) is 23.9 Å². The predicted octanol–water partition coefficient (Wildman–Crippen LogP) is 4.61. The summed E-state index contributed by atoms with van der Waals surface area (Å²) in [7, 11) is 2.08. The number of halogens is 6. The molecular formula is C18H13F6N3O6. The van der Waals surface area contributed by atoms with Gasteiger partial charge in [0.2, 0.25) is 5.75 Å². The van der Waals surface area contributed by atoms with Crippen molar-refractivity contribution in [3.8, 4) is 11.5 Å². The van der Waals surface area contributed by atoms with Gasteiger partial charge in [-0.05, 0) is 24.3 Å². The number of methoxy groups -OCH3 is 2. The largest absolute Gasteiger partial charge is 0.496 e. The molecule has 0 saturated carbocycles. The number of benzene rings is 2. The zero-order valence-electron chi connectivity index (χ0n) is 16.6. The van der Waals surface area contributed by atoms with Gasteiger partial charge < -0.3 is 14.8 Å². The summed E-state index contributed by atoms with van der Waals surface area (Å²) in [6.07, 6.45) is -10.3. The van der Waals surface area contributed by atoms with E-state index in [1.54, 1.807) is 10.6 Å². The monoisotopic (exact) mass is 481 g/mol. The second-order valence-corrected chi connectivity index (χ2v) is 6.16. The molecule has 178 valence electrons. The highest BCUT2D eigenvalue weighted by Crippen LogP contribution is 2.38. The molecule has 33 heavy (non-hydrogen) atoms. The lowest BCUT2D eigenvalue weighted by Gasteiger charge is -2.15. The Kier molecular flexibility index (Phi) is 7.04. The Bertz CT molecular complexity index is 1070. The van der Waals surface area contributed by atoms with Gasteiger partial charge in [0.25, 0.3) is 5.91 Å². The number of hydrogen-bond acceptors (Lipinski definition) is 6. The highest BCUT2D eigenvalue weighted by Gasteiger charge is 2.37. The summed E-state index contributed by atoms with van der Waals surface area (Å²) in [4.78, 5) is 34.9. The third-order valence-electron chi connectivity index (χ3n) is 4.02. The zero-order chi connectivity index (χ0) is 25.1. The first kappa shape index (κ1) is 25.2. The number of urea groups is 1. The van der Waals surface area contributed by atoms with Crippen molar-refractivity contribution < 1.29 is 50.3 Å². The van der Waals surface area contributed by atoms with Gasteiger partial charge in [0.1, 0.15) is 11.3 Å². The van der Waals surface area contributed by atoms with Gasteiger partial charge in [-0.2, -0.15) is 26.3 Å². The van der Waals surface area contributed by atoms with E-state index in [0.717, 1.165) is 26.4 Å². The van der Waals surface area contributed by atoms with Crippen LogP contribution >= 0.6 is 0 Å². The molecule has 0 radical (unpaired) electrons. The molecule has 0 aromatic heterocycles. The molecule has 0 fully saturated rings. The lowest BCUT2D eigenvalue weighted by Crippen LogP contribution is -2.35. The summed E-state index contributed by atoms with van der Waals surface area (Å²) in [5.41, 5.74) is -5.58. The molecule has 0 atom stereocenters. The molecule has 0 bridgehead atoms. The van der Waals surface area contributed by atoms with Crippen LogP contribution in [0.3, 0.4) is 0 Å². The standard InChI is InChI=1S/C18H13F6N3O6/c1-32-12-4-3-11(27(30)31)14(33-2)13(12)15(28)26-16(29)25-10-6-8(17(19,20)21)5-9(7-10)18(22,23)24/h3-7H,1-2H3,(H2,25,26,28,29). The van der Waals surface area contributed by atoms with E-state index < -0.39 is 63.0 Å². The SMILES string of the molecule is COc1ccc([N+](=O)[O-])c(OC)c1C(=O)NC(=O)Nc1cc(C(F)(F)F)cc(C(F)(F)F)c1. The molecule has 9 nitrogen and oxygen atoms in total. The first-order valence-corrected chi connectivity index (χ1v) is 8.50. The maximum atomic E-state index is 12.9. The first-order valence-electron chi connectivity index (χ1n) is 8.50. The summed E-state index contributed by atoms with van der Waals surface area (Å²) < 4.78 is 87.4. The molecule has 0 aliphatic heterocycles. The van der Waals surface area contributed by atoms with E-state index in [4.69, 9.17) is 9.47 Å². The molecule has 2 N–H and O–H groups in total. The molecule has 0 saturated heterocycles. The third kappa shape index (κ3) is 5.81. The van der Waals surface area contributed by atoms with Crippen LogP contribution in [0.2, 0.25) is 0 Å². The molecule has 0 aliphatic carbocycles. The van der Waals surface area contributed by atoms with Crippen molar-refractivity contribution in [2.45, 2.75) is 12.4 Å². The number of carbonyl (C=O) groups is 2. The molecule has 0 unspecified atom stereocenters. The van der Waals surface area contributed by atoms with Crippen molar-refractivity contribution >= 4 is 23.3 Å². The number of amides is 3. The highest BCUT2D eigenvalue weighted by atomic mass is 19.4. The summed E-state index contributed by atoms with van der Waals surface area (Å²) in [5, 5.41) is 14.5. The molecule has 3 amide bonds. The van der Waals surface area contributed by atoms with Gasteiger partial charge in [-0.15, -0.1) is 0 Å². The second-order valence-electron chi connectivity index (χ2n) is 6.16. The minimum Gasteiger partial charge on any atom is -0.496 e. The van der Waals surface area contributed by atoms with Crippen LogP contribution in [0.1, 0.15) is 21.5 Å². The van der Waals surface area contributed by atoms with Gasteiger partial charge >= 0.3 is 24.1 Å². The Labute approximate surface area is 180 Å². The normalized spacial score (nSPS) is 11.5. The fourth-order valence-electron chi connectivity index (χ4n) is 2.64. The number of nitro benzene ring substituents is 1. The number of imide groups is 1. The molecule has 0 heterocycles. The number of rotatable bonds is 5. The van der Waals surface area contributed by atoms with Crippen molar-refractivity contribution in [2.24, 2.45) is 0 Å². The van der Waals surface area contributed by atoms with Crippen molar-refractivity contribution in [3.63, 3.8) is 0 Å². The Morgan fingerprint density at radius 3 is 1.91 bits per heavy atom. The fourth-order valence-corrected chi connectivity index (χ4v) is 2.64. The number of nitro groups is 1. The Morgan fingerprint density at radius 1 is 0.939 bits per heavy atom. The number of hydrogen-bond donors (Lipinski definition) is 2. The van der Waals surface area contributed by atoms with Crippen LogP contribution < -0.4 is 20.1 Å². The molecular weight excluding hydrogens is 468 g/mol. The number of nitrogens with one attached hydrogen (secondary N) is 2. The topological polar surface area (TPSA) is 120 Å². The number of carbonyl (C=O) groups excluding carboxylic acids is 2. The predicted molar refractivity (Wildman–Crippen MR) is 99.1 cm³/mol. The van der Waals surface area contributed by atoms with Gasteiger partial charge in [-0.25, -0.2) is 4.79 Å². The van der Waals surface area contributed by atoms with E-state index >= 15 is 0 Å². The first-order chi connectivity index (χ1) is 15.2. The zero-order valence-corrected chi connectivity index (χ0v) is 16.6. The summed E-state index contributed by atoms with van der Waals surface area (Å²) in [6, 6.07) is 0.767. The second kappa shape index (κ2) is 9.22. The van der Waals surface area contributed by atoms with E-state index in [1.807, 2.05) is 0 Å². The van der Waals surface area contributed by atoms with Crippen LogP contribution in [-0.2, 0) is 12.4 Å². The van der Waals surface area contributed by atoms with Crippen LogP contribution in [0.4, 0.5) is 42.5 Å². The summed E-state index contributed by atoms with van der Waals surface area (Å²) in [6.45, 7) is 0. The quantitative estimate of drug-likeness (QED) is 0.366. The summed E-state index contributed by atoms with van der Waals surface area (Å²) >= 11 is 0. The number of nitrogens with zero attached hydrogens (tertiary/aromatic N) is 1. The van der Waals surface area contributed by atoms with Gasteiger partial charge in [-0.3, -0.25) is 20.2 Å². The van der Waals surface area contributed by atoms with E-state index in [1.165, 1.54) is 0 Å². The average Bonchev–Trinajstić information content (AvgIpc) is 2.70. The highest BCUT2D eigenvalue weighted by molar-refractivity contribution is 6.11. The van der Waals surface area contributed by atoms with Gasteiger partial charge in [0.15, 0.2) is 0 Å². The number of ether oxygens (including phenoxy) is 2. The number of anilines is 1. The molecule has 0 aliphatic rings. The van der Waals surface area contributed by atoms with Crippen molar-refractivity contribution in [3.05, 3.63) is 57.1 Å². The van der Waals surface area contributed by atoms with Gasteiger partial charge in [0.05, 0.1) is 30.3 Å². The van der Waals surface area contributed by atoms with Crippen molar-refractivity contribution in [1.29, 1.82) is 0 Å². The van der Waals surface area contributed by atoms with Gasteiger partial charge in [-0.1, -0.05) is 0 Å². The Hall–Kier alpha value is -4.04. The van der Waals surface area contributed by atoms with Crippen LogP contribution in [-0.4, -0.2) is 31.1 Å². The molecule has 2 rings (SSSR count). The average molecular weight is 481 g/mol. The van der Waals surface area contributed by atoms with E-state index in [0.29, 0.717) is 0 Å². The lowest BCUT2D eigenvalue weighted by molar-refractivity contribution is -0.385. The van der Waals surface area contributed by atoms with E-state index in [9.17, 15) is 46.0 Å². The lowest BCUT2D eigenvalue weighted by atomic mass is 10.1. The minimum atomic E-state index is -5.16. The van der Waals surface area contributed by atoms with E-state index in [2.05, 4.69) is 0 Å². The van der Waals surface area contributed by atoms with Crippen LogP contribution in [0.5, 0.6) is 11.5 Å². The molecule has 2 aromatic rings. The molecule has 0 spiro atoms. The minimum absolute atomic E-state index is 0.146. The maximum absolute atomic E-state index is 12.9. The molecule has 15 heteroatoms. The van der Waals surface area contributed by atoms with Gasteiger partial charge in [0, 0.05) is 11.8 Å². The fraction of sp³-hybridized carbons (Fsp3) is 0.222. The summed E-state index contributed by atoms with van der Waals surface area (Å²) in [5.74, 6) is -2.20. The Morgan fingerprint density at radius 2 is 1.48 bits per heavy atom. The van der Waals surface area contributed by atoms with Crippen molar-refractivity contribution in [2.75, 3.05) is 19.5 Å². The van der Waals surface area contributed by atoms with Crippen LogP contribution in [0, 0.1) is 10.1 Å². The van der Waals surface area contributed by atoms with Crippen LogP contribution in [0.25, 0.3) is 0 Å². The Balaban J connectivity index is 2.39. The smallest absolute Gasteiger partial charge is 0.416 e. The third-order valence-corrected chi connectivity index (χ3v) is 4.02. The number of alkyl halides is 6. The van der Waals surface area contributed by atoms with Crippen LogP contribution in [0.15, 0.2) is 30.3 Å². The molecule has 2 aromatic carbocycles. The maximum Gasteiger partial charge on any atom is 0.416 e. The van der Waals surface area contributed by atoms with Crippen molar-refractivity contribution in [1.82, 2.24) is 5.32 Å².